The van der Waals surface area contributed by atoms with E-state index in [1.807, 2.05) is 0 Å². The number of aldehydes is 1. The highest BCUT2D eigenvalue weighted by Crippen LogP contribution is 2.34. The molecule has 3 nitrogen and oxygen atoms in total. The Balaban J connectivity index is 3.57. The molecule has 0 saturated heterocycles. The average Bonchev–Trinajstić information content (AvgIpc) is 2.25. The number of halogens is 5. The molecule has 1 rings (SSSR count). The molecule has 0 radical (unpaired) electrons. The molecule has 90 valence electrons. The normalized spacial score (nSPS) is 11.4. The molecular formula is C9H3F5N2O. The highest BCUT2D eigenvalue weighted by molar-refractivity contribution is 5.75. The predicted octanol–water partition coefficient (Wildman–Crippen LogP) is 2.72. The fourth-order valence-corrected chi connectivity index (χ4v) is 1.11. The first kappa shape index (κ1) is 13.0. The fourth-order valence-electron chi connectivity index (χ4n) is 1.11. The molecule has 0 aliphatic carbocycles. The highest BCUT2D eigenvalue weighted by atomic mass is 19.4. The summed E-state index contributed by atoms with van der Waals surface area (Å²) in [6.45, 7) is 0. The summed E-state index contributed by atoms with van der Waals surface area (Å²) in [6, 6.07) is 1.18. The second-order valence-electron chi connectivity index (χ2n) is 2.89. The first-order valence-electron chi connectivity index (χ1n) is 4.06. The van der Waals surface area contributed by atoms with Crippen molar-refractivity contribution in [3.8, 4) is 6.07 Å². The van der Waals surface area contributed by atoms with Crippen molar-refractivity contribution in [2.75, 3.05) is 0 Å². The van der Waals surface area contributed by atoms with Gasteiger partial charge in [-0.2, -0.15) is 18.4 Å². The molecule has 1 heterocycles. The maximum Gasteiger partial charge on any atom is 0.419 e. The third-order valence-electron chi connectivity index (χ3n) is 1.84. The zero-order valence-corrected chi connectivity index (χ0v) is 7.92. The van der Waals surface area contributed by atoms with Crippen molar-refractivity contribution >= 4 is 6.29 Å². The maximum atomic E-state index is 12.4. The van der Waals surface area contributed by atoms with Gasteiger partial charge in [0.25, 0.3) is 6.43 Å². The number of rotatable bonds is 2. The Bertz CT molecular complexity index is 489. The summed E-state index contributed by atoms with van der Waals surface area (Å²) in [7, 11) is 0. The second kappa shape index (κ2) is 4.45. The summed E-state index contributed by atoms with van der Waals surface area (Å²) >= 11 is 0. The van der Waals surface area contributed by atoms with Crippen molar-refractivity contribution in [3.05, 3.63) is 28.6 Å². The summed E-state index contributed by atoms with van der Waals surface area (Å²) in [4.78, 5) is 13.3. The Morgan fingerprint density at radius 2 is 2.00 bits per heavy atom. The van der Waals surface area contributed by atoms with Gasteiger partial charge in [0.05, 0.1) is 5.56 Å². The quantitative estimate of drug-likeness (QED) is 0.599. The lowest BCUT2D eigenvalue weighted by Gasteiger charge is -2.11. The van der Waals surface area contributed by atoms with E-state index in [1.165, 1.54) is 0 Å². The van der Waals surface area contributed by atoms with Crippen LogP contribution in [0.3, 0.4) is 0 Å². The minimum absolute atomic E-state index is 0.0694. The van der Waals surface area contributed by atoms with E-state index in [-0.39, 0.29) is 12.4 Å². The molecule has 1 aromatic heterocycles. The van der Waals surface area contributed by atoms with Gasteiger partial charge >= 0.3 is 6.18 Å². The summed E-state index contributed by atoms with van der Waals surface area (Å²) in [5, 5.41) is 8.42. The van der Waals surface area contributed by atoms with Crippen molar-refractivity contribution in [1.29, 1.82) is 5.26 Å². The van der Waals surface area contributed by atoms with Crippen LogP contribution in [-0.4, -0.2) is 11.3 Å². The van der Waals surface area contributed by atoms with E-state index < -0.39 is 35.1 Å². The topological polar surface area (TPSA) is 53.8 Å². The molecule has 0 amide bonds. The third kappa shape index (κ3) is 2.55. The van der Waals surface area contributed by atoms with E-state index in [4.69, 9.17) is 5.26 Å². The van der Waals surface area contributed by atoms with Gasteiger partial charge in [0.2, 0.25) is 0 Å². The second-order valence-corrected chi connectivity index (χ2v) is 2.89. The molecule has 0 fully saturated rings. The molecule has 0 bridgehead atoms. The van der Waals surface area contributed by atoms with Crippen LogP contribution >= 0.6 is 0 Å². The number of aromatic nitrogens is 1. The lowest BCUT2D eigenvalue weighted by Crippen LogP contribution is -2.12. The summed E-state index contributed by atoms with van der Waals surface area (Å²) in [5.41, 5.74) is -4.71. The predicted molar refractivity (Wildman–Crippen MR) is 44.3 cm³/mol. The number of carbonyl (C=O) groups is 1. The van der Waals surface area contributed by atoms with E-state index in [9.17, 15) is 26.7 Å². The van der Waals surface area contributed by atoms with Gasteiger partial charge in [-0.1, -0.05) is 0 Å². The van der Waals surface area contributed by atoms with Crippen molar-refractivity contribution in [2.45, 2.75) is 12.6 Å². The van der Waals surface area contributed by atoms with E-state index >= 15 is 0 Å². The third-order valence-corrected chi connectivity index (χ3v) is 1.84. The Morgan fingerprint density at radius 1 is 1.41 bits per heavy atom. The molecular weight excluding hydrogens is 247 g/mol. The first-order chi connectivity index (χ1) is 7.81. The molecule has 0 atom stereocenters. The highest BCUT2D eigenvalue weighted by Gasteiger charge is 2.36. The molecule has 0 saturated carbocycles. The molecule has 0 aliphatic heterocycles. The molecule has 0 aromatic carbocycles. The molecule has 1 aromatic rings. The van der Waals surface area contributed by atoms with E-state index in [1.54, 1.807) is 0 Å². The number of nitriles is 1. The number of alkyl halides is 5. The fraction of sp³-hybridized carbons (Fsp3) is 0.222. The summed E-state index contributed by atoms with van der Waals surface area (Å²) in [6.07, 6.45) is -8.39. The lowest BCUT2D eigenvalue weighted by atomic mass is 10.1. The van der Waals surface area contributed by atoms with Crippen molar-refractivity contribution in [1.82, 2.24) is 4.98 Å². The van der Waals surface area contributed by atoms with Gasteiger partial charge in [-0.25, -0.2) is 13.8 Å². The van der Waals surface area contributed by atoms with Crippen molar-refractivity contribution in [3.63, 3.8) is 0 Å². The molecule has 8 heteroatoms. The van der Waals surface area contributed by atoms with Crippen LogP contribution in [0.4, 0.5) is 22.0 Å². The average molecular weight is 250 g/mol. The Labute approximate surface area is 91.5 Å². The van der Waals surface area contributed by atoms with Gasteiger partial charge in [0.1, 0.15) is 11.8 Å². The first-order valence-corrected chi connectivity index (χ1v) is 4.06. The number of carbonyl (C=O) groups excluding carboxylic acids is 1. The van der Waals surface area contributed by atoms with E-state index in [0.717, 1.165) is 6.07 Å². The van der Waals surface area contributed by atoms with E-state index in [2.05, 4.69) is 4.98 Å². The van der Waals surface area contributed by atoms with Crippen molar-refractivity contribution in [2.24, 2.45) is 0 Å². The zero-order chi connectivity index (χ0) is 13.2. The van der Waals surface area contributed by atoms with Gasteiger partial charge < -0.3 is 0 Å². The van der Waals surface area contributed by atoms with Gasteiger partial charge in [-0.15, -0.1) is 0 Å². The standard InChI is InChI=1S/C9H3F5N2O/c10-8(11)4-1-5(9(12,13)14)6(2-15)16-7(4)3-17/h1,3,8H. The number of hydrogen-bond donors (Lipinski definition) is 0. The molecule has 0 spiro atoms. The summed E-state index contributed by atoms with van der Waals surface area (Å²) < 4.78 is 61.9. The molecule has 17 heavy (non-hydrogen) atoms. The number of nitrogens with zero attached hydrogens (tertiary/aromatic N) is 2. The van der Waals surface area contributed by atoms with E-state index in [0.29, 0.717) is 0 Å². The van der Waals surface area contributed by atoms with Crippen LogP contribution in [0.5, 0.6) is 0 Å². The monoisotopic (exact) mass is 250 g/mol. The zero-order valence-electron chi connectivity index (χ0n) is 7.92. The Kier molecular flexibility index (Phi) is 3.41. The van der Waals surface area contributed by atoms with Crippen LogP contribution in [0.25, 0.3) is 0 Å². The van der Waals surface area contributed by atoms with Crippen LogP contribution in [0.1, 0.15) is 33.7 Å². The summed E-state index contributed by atoms with van der Waals surface area (Å²) in [5.74, 6) is 0. The van der Waals surface area contributed by atoms with Gasteiger partial charge in [0.15, 0.2) is 12.0 Å². The minimum atomic E-state index is -4.98. The smallest absolute Gasteiger partial charge is 0.296 e. The minimum Gasteiger partial charge on any atom is -0.296 e. The van der Waals surface area contributed by atoms with Gasteiger partial charge in [-0.05, 0) is 6.07 Å². The van der Waals surface area contributed by atoms with Crippen LogP contribution in [0.15, 0.2) is 6.07 Å². The SMILES string of the molecule is N#Cc1nc(C=O)c(C(F)F)cc1C(F)(F)F. The Hall–Kier alpha value is -2.04. The lowest BCUT2D eigenvalue weighted by molar-refractivity contribution is -0.138. The molecule has 0 aliphatic rings. The van der Waals surface area contributed by atoms with Gasteiger partial charge in [-0.3, -0.25) is 4.79 Å². The molecule has 0 N–H and O–H groups in total. The van der Waals surface area contributed by atoms with Crippen LogP contribution in [0.2, 0.25) is 0 Å². The van der Waals surface area contributed by atoms with Crippen LogP contribution in [-0.2, 0) is 6.18 Å². The van der Waals surface area contributed by atoms with Crippen molar-refractivity contribution < 1.29 is 26.7 Å². The van der Waals surface area contributed by atoms with Crippen LogP contribution in [0, 0.1) is 11.3 Å². The Morgan fingerprint density at radius 3 is 2.35 bits per heavy atom. The molecule has 0 unspecified atom stereocenters. The van der Waals surface area contributed by atoms with Crippen LogP contribution < -0.4 is 0 Å². The number of pyridine rings is 1. The van der Waals surface area contributed by atoms with Gasteiger partial charge in [0, 0.05) is 5.56 Å². The number of hydrogen-bond acceptors (Lipinski definition) is 3. The maximum absolute atomic E-state index is 12.4. The largest absolute Gasteiger partial charge is 0.419 e.